The van der Waals surface area contributed by atoms with Crippen LogP contribution in [-0.2, 0) is 34.2 Å². The molecule has 0 saturated carbocycles. The van der Waals surface area contributed by atoms with Gasteiger partial charge >= 0.3 is 0 Å². The molecule has 0 unspecified atom stereocenters. The molecule has 2 aliphatic rings. The molecule has 0 spiro atoms. The first-order chi connectivity index (χ1) is 20.1. The molecule has 220 valence electrons. The van der Waals surface area contributed by atoms with E-state index < -0.39 is 10.1 Å². The van der Waals surface area contributed by atoms with Gasteiger partial charge in [-0.3, -0.25) is 14.2 Å². The van der Waals surface area contributed by atoms with Crippen molar-refractivity contribution in [3.05, 3.63) is 112 Å². The topological polar surface area (TPSA) is 77.9 Å². The molecule has 1 N–H and O–H groups in total. The Morgan fingerprint density at radius 1 is 0.857 bits per heavy atom. The number of carbonyl (C=O) groups excluding carboxylic acids is 1. The molecule has 9 heteroatoms. The van der Waals surface area contributed by atoms with Crippen LogP contribution in [0.15, 0.2) is 89.8 Å². The van der Waals surface area contributed by atoms with Crippen LogP contribution in [0.4, 0.5) is 0 Å². The Morgan fingerprint density at radius 3 is 2.17 bits per heavy atom. The van der Waals surface area contributed by atoms with E-state index >= 15 is 0 Å². The van der Waals surface area contributed by atoms with Gasteiger partial charge in [0, 0.05) is 13.1 Å². The van der Waals surface area contributed by atoms with Crippen molar-refractivity contribution in [1.29, 1.82) is 0 Å². The number of likely N-dealkylation sites (tertiary alicyclic amines) is 1. The molecule has 0 bridgehead atoms. The highest BCUT2D eigenvalue weighted by Crippen LogP contribution is 2.30. The van der Waals surface area contributed by atoms with Gasteiger partial charge in [0.15, 0.2) is 0 Å². The van der Waals surface area contributed by atoms with Crippen LogP contribution < -0.4 is 0 Å². The maximum Gasteiger partial charge on any atom is 0.294 e. The minimum atomic E-state index is -4.09. The number of hydrogen-bond donors (Lipinski definition) is 1. The van der Waals surface area contributed by atoms with Crippen molar-refractivity contribution in [1.82, 2.24) is 9.80 Å². The molecule has 1 fully saturated rings. The summed E-state index contributed by atoms with van der Waals surface area (Å²) in [6, 6.07) is 26.6. The smallest absolute Gasteiger partial charge is 0.294 e. The van der Waals surface area contributed by atoms with Crippen LogP contribution >= 0.6 is 23.2 Å². The second-order valence-corrected chi connectivity index (χ2v) is 13.2. The third-order valence-electron chi connectivity index (χ3n) is 8.28. The second kappa shape index (κ2) is 13.1. The summed E-state index contributed by atoms with van der Waals surface area (Å²) in [6.07, 6.45) is 4.79. The summed E-state index contributed by atoms with van der Waals surface area (Å²) in [5.74, 6) is 0.131. The monoisotopic (exact) mass is 624 g/mol. The lowest BCUT2D eigenvalue weighted by atomic mass is 9.83. The number of nitrogens with zero attached hydrogens (tertiary/aromatic N) is 2. The van der Waals surface area contributed by atoms with Crippen molar-refractivity contribution in [2.75, 3.05) is 20.1 Å². The molecule has 2 atom stereocenters. The molecule has 1 amide bonds. The largest absolute Gasteiger partial charge is 0.341 e. The van der Waals surface area contributed by atoms with Crippen LogP contribution in [-0.4, -0.2) is 60.9 Å². The van der Waals surface area contributed by atoms with Gasteiger partial charge in [-0.2, -0.15) is 8.42 Å². The van der Waals surface area contributed by atoms with E-state index in [2.05, 4.69) is 29.2 Å². The van der Waals surface area contributed by atoms with Gasteiger partial charge in [0.1, 0.15) is 0 Å². The summed E-state index contributed by atoms with van der Waals surface area (Å²) in [4.78, 5) is 17.6. The van der Waals surface area contributed by atoms with E-state index in [0.717, 1.165) is 42.3 Å². The molecular weight excluding hydrogens is 591 g/mol. The number of rotatable bonds is 5. The second-order valence-electron chi connectivity index (χ2n) is 11.0. The first kappa shape index (κ1) is 30.5. The van der Waals surface area contributed by atoms with Gasteiger partial charge in [-0.15, -0.1) is 0 Å². The molecule has 1 heterocycles. The number of benzene rings is 4. The van der Waals surface area contributed by atoms with E-state index in [1.54, 1.807) is 24.3 Å². The fraction of sp³-hybridized carbons (Fsp3) is 0.303. The third kappa shape index (κ3) is 7.16. The van der Waals surface area contributed by atoms with E-state index in [1.165, 1.54) is 36.1 Å². The highest BCUT2D eigenvalue weighted by atomic mass is 35.5. The minimum Gasteiger partial charge on any atom is -0.341 e. The number of hydrogen-bond acceptors (Lipinski definition) is 4. The van der Waals surface area contributed by atoms with Crippen molar-refractivity contribution in [2.45, 2.75) is 49.1 Å². The quantitative estimate of drug-likeness (QED) is 0.250. The summed E-state index contributed by atoms with van der Waals surface area (Å²) >= 11 is 12.1. The Kier molecular flexibility index (Phi) is 9.55. The lowest BCUT2D eigenvalue weighted by Gasteiger charge is -2.43. The van der Waals surface area contributed by atoms with Gasteiger partial charge in [0.2, 0.25) is 5.91 Å². The van der Waals surface area contributed by atoms with E-state index in [0.29, 0.717) is 22.5 Å². The van der Waals surface area contributed by atoms with E-state index in [9.17, 15) is 13.2 Å². The van der Waals surface area contributed by atoms with Crippen molar-refractivity contribution in [3.8, 4) is 0 Å². The average Bonchev–Trinajstić information content (AvgIpc) is 3.53. The molecule has 1 saturated heterocycles. The number of likely N-dealkylation sites (N-methyl/N-ethyl adjacent to an activating group) is 1. The van der Waals surface area contributed by atoms with Crippen molar-refractivity contribution in [2.24, 2.45) is 0 Å². The zero-order valence-electron chi connectivity index (χ0n) is 23.4. The molecule has 1 aliphatic carbocycles. The van der Waals surface area contributed by atoms with Crippen molar-refractivity contribution in [3.63, 3.8) is 0 Å². The maximum atomic E-state index is 13.1. The zero-order chi connectivity index (χ0) is 29.9. The van der Waals surface area contributed by atoms with Crippen LogP contribution in [0.2, 0.25) is 10.0 Å². The standard InChI is InChI=1S/C23H26Cl2N2O.C10H8O3S/c1-26(23(28)13-16-8-9-19(24)20(25)12-16)21-14-17-6-2-3-7-18(17)15-22(21)27-10-4-5-11-27;11-14(12,13)10-6-5-8-3-1-2-4-9(8)7-10/h2-3,6-9,12,21-22H,4-5,10-11,13-15H2,1H3;1-7H,(H,11,12,13)/t21-,22-;/m1./s1. The highest BCUT2D eigenvalue weighted by molar-refractivity contribution is 7.85. The summed E-state index contributed by atoms with van der Waals surface area (Å²) in [5, 5.41) is 2.75. The lowest BCUT2D eigenvalue weighted by Crippen LogP contribution is -2.55. The molecule has 4 aromatic rings. The van der Waals surface area contributed by atoms with E-state index in [4.69, 9.17) is 27.8 Å². The van der Waals surface area contributed by atoms with Gasteiger partial charge in [-0.25, -0.2) is 0 Å². The van der Waals surface area contributed by atoms with Crippen molar-refractivity contribution >= 4 is 50.0 Å². The summed E-state index contributed by atoms with van der Waals surface area (Å²) in [6.45, 7) is 2.27. The SMILES string of the molecule is CN(C(=O)Cc1ccc(Cl)c(Cl)c1)[C@@H]1Cc2ccccc2C[C@H]1N1CCCC1.O=S(=O)(O)c1ccc2ccccc2c1. The molecule has 42 heavy (non-hydrogen) atoms. The van der Waals surface area contributed by atoms with Crippen LogP contribution in [0.25, 0.3) is 10.8 Å². The first-order valence-corrected chi connectivity index (χ1v) is 16.3. The van der Waals surface area contributed by atoms with Crippen LogP contribution in [0.3, 0.4) is 0 Å². The van der Waals surface area contributed by atoms with E-state index in [-0.39, 0.29) is 16.8 Å². The lowest BCUT2D eigenvalue weighted by molar-refractivity contribution is -0.132. The van der Waals surface area contributed by atoms with Gasteiger partial charge in [0.25, 0.3) is 10.1 Å². The number of amides is 1. The predicted octanol–water partition coefficient (Wildman–Crippen LogP) is 6.71. The molecule has 1 aliphatic heterocycles. The molecule has 6 nitrogen and oxygen atoms in total. The maximum absolute atomic E-state index is 13.1. The van der Waals surface area contributed by atoms with Crippen LogP contribution in [0.5, 0.6) is 0 Å². The van der Waals surface area contributed by atoms with Gasteiger partial charge in [0.05, 0.1) is 27.4 Å². The highest BCUT2D eigenvalue weighted by Gasteiger charge is 2.37. The predicted molar refractivity (Wildman–Crippen MR) is 169 cm³/mol. The minimum absolute atomic E-state index is 0.0730. The third-order valence-corrected chi connectivity index (χ3v) is 9.87. The molecule has 0 aromatic heterocycles. The Hall–Kier alpha value is -2.94. The number of halogens is 2. The Balaban J connectivity index is 0.000000211. The number of carbonyl (C=O) groups is 1. The summed E-state index contributed by atoms with van der Waals surface area (Å²) in [7, 11) is -2.13. The van der Waals surface area contributed by atoms with Gasteiger partial charge in [-0.1, -0.05) is 83.9 Å². The normalized spacial score (nSPS) is 18.7. The van der Waals surface area contributed by atoms with Crippen LogP contribution in [0.1, 0.15) is 29.5 Å². The molecule has 6 rings (SSSR count). The fourth-order valence-electron chi connectivity index (χ4n) is 5.98. The average molecular weight is 626 g/mol. The Bertz CT molecular complexity index is 1690. The Labute approximate surface area is 257 Å². The summed E-state index contributed by atoms with van der Waals surface area (Å²) in [5.41, 5.74) is 3.71. The number of fused-ring (bicyclic) bond motifs is 2. The summed E-state index contributed by atoms with van der Waals surface area (Å²) < 4.78 is 30.5. The van der Waals surface area contributed by atoms with Crippen LogP contribution in [0, 0.1) is 0 Å². The van der Waals surface area contributed by atoms with Gasteiger partial charge < -0.3 is 4.90 Å². The van der Waals surface area contributed by atoms with Crippen molar-refractivity contribution < 1.29 is 17.8 Å². The zero-order valence-corrected chi connectivity index (χ0v) is 25.7. The first-order valence-electron chi connectivity index (χ1n) is 14.1. The molecule has 4 aromatic carbocycles. The molecular formula is C33H34Cl2N2O4S. The molecule has 0 radical (unpaired) electrons. The van der Waals surface area contributed by atoms with E-state index in [1.807, 2.05) is 36.2 Å². The Morgan fingerprint density at radius 2 is 1.50 bits per heavy atom. The van der Waals surface area contributed by atoms with Gasteiger partial charge in [-0.05, 0) is 90.5 Å². The fourth-order valence-corrected chi connectivity index (χ4v) is 6.82.